The van der Waals surface area contributed by atoms with Gasteiger partial charge in [0.05, 0.1) is 17.0 Å². The zero-order valence-corrected chi connectivity index (χ0v) is 15.6. The molecule has 1 unspecified atom stereocenters. The summed E-state index contributed by atoms with van der Waals surface area (Å²) < 4.78 is 26.6. The Morgan fingerprint density at radius 1 is 1.11 bits per heavy atom. The van der Waals surface area contributed by atoms with Crippen molar-refractivity contribution in [3.63, 3.8) is 0 Å². The molecule has 0 radical (unpaired) electrons. The summed E-state index contributed by atoms with van der Waals surface area (Å²) in [5.41, 5.74) is 1.49. The van der Waals surface area contributed by atoms with E-state index in [0.29, 0.717) is 11.5 Å². The maximum Gasteiger partial charge on any atom is 0.251 e. The lowest BCUT2D eigenvalue weighted by Gasteiger charge is -2.19. The van der Waals surface area contributed by atoms with Crippen molar-refractivity contribution in [2.45, 2.75) is 30.2 Å². The number of nitrogens with zero attached hydrogens (tertiary/aromatic N) is 1. The highest BCUT2D eigenvalue weighted by atomic mass is 32.2. The molecule has 1 aliphatic rings. The van der Waals surface area contributed by atoms with Crippen molar-refractivity contribution >= 4 is 15.9 Å². The van der Waals surface area contributed by atoms with Crippen LogP contribution in [0.5, 0.6) is 0 Å². The second-order valence-electron chi connectivity index (χ2n) is 6.53. The van der Waals surface area contributed by atoms with Crippen molar-refractivity contribution in [1.29, 1.82) is 5.26 Å². The van der Waals surface area contributed by atoms with Crippen molar-refractivity contribution in [3.05, 3.63) is 65.7 Å². The fourth-order valence-corrected chi connectivity index (χ4v) is 3.93. The number of rotatable bonds is 8. The molecule has 0 aromatic heterocycles. The molecule has 2 aromatic carbocycles. The van der Waals surface area contributed by atoms with E-state index in [4.69, 9.17) is 5.26 Å². The van der Waals surface area contributed by atoms with Crippen LogP contribution < -0.4 is 10.0 Å². The standard InChI is InChI=1S/C20H21N3O3S/c21-13-4-14-22-27(25,26)18-11-9-17(10-12-18)20(24)23-19(16-7-8-16)15-5-2-1-3-6-15/h1-3,5-6,9-12,16,19,22H,4,7-8,14H2,(H,23,24). The van der Waals surface area contributed by atoms with E-state index in [1.54, 1.807) is 0 Å². The molecule has 1 amide bonds. The molecule has 2 aromatic rings. The quantitative estimate of drug-likeness (QED) is 0.685. The highest BCUT2D eigenvalue weighted by Crippen LogP contribution is 2.41. The van der Waals surface area contributed by atoms with Crippen LogP contribution in [-0.2, 0) is 10.0 Å². The van der Waals surface area contributed by atoms with Gasteiger partial charge in [0.2, 0.25) is 10.0 Å². The molecule has 0 spiro atoms. The summed E-state index contributed by atoms with van der Waals surface area (Å²) in [6, 6.07) is 17.5. The number of hydrogen-bond acceptors (Lipinski definition) is 4. The first-order valence-corrected chi connectivity index (χ1v) is 10.3. The third-order valence-corrected chi connectivity index (χ3v) is 5.97. The van der Waals surface area contributed by atoms with Gasteiger partial charge in [-0.15, -0.1) is 0 Å². The molecule has 0 bridgehead atoms. The summed E-state index contributed by atoms with van der Waals surface area (Å²) in [6.07, 6.45) is 2.28. The smallest absolute Gasteiger partial charge is 0.251 e. The van der Waals surface area contributed by atoms with Crippen LogP contribution in [0.15, 0.2) is 59.5 Å². The van der Waals surface area contributed by atoms with Crippen LogP contribution >= 0.6 is 0 Å². The highest BCUT2D eigenvalue weighted by Gasteiger charge is 2.33. The third kappa shape index (κ3) is 4.94. The van der Waals surface area contributed by atoms with E-state index in [-0.39, 0.29) is 29.8 Å². The number of benzene rings is 2. The largest absolute Gasteiger partial charge is 0.345 e. The zero-order valence-electron chi connectivity index (χ0n) is 14.8. The van der Waals surface area contributed by atoms with E-state index in [1.807, 2.05) is 36.4 Å². The number of nitriles is 1. The maximum absolute atomic E-state index is 12.6. The van der Waals surface area contributed by atoms with Crippen LogP contribution in [0.25, 0.3) is 0 Å². The SMILES string of the molecule is N#CCCNS(=O)(=O)c1ccc(C(=O)NC(c2ccccc2)C2CC2)cc1. The van der Waals surface area contributed by atoms with Gasteiger partial charge in [-0.25, -0.2) is 13.1 Å². The second-order valence-corrected chi connectivity index (χ2v) is 8.30. The van der Waals surface area contributed by atoms with Crippen molar-refractivity contribution in [3.8, 4) is 6.07 Å². The number of amides is 1. The fourth-order valence-electron chi connectivity index (χ4n) is 2.90. The van der Waals surface area contributed by atoms with Gasteiger partial charge in [0.25, 0.3) is 5.91 Å². The molecule has 6 nitrogen and oxygen atoms in total. The monoisotopic (exact) mass is 383 g/mol. The fraction of sp³-hybridized carbons (Fsp3) is 0.300. The van der Waals surface area contributed by atoms with Crippen molar-refractivity contribution in [2.24, 2.45) is 5.92 Å². The Labute approximate surface area is 159 Å². The minimum atomic E-state index is -3.68. The summed E-state index contributed by atoms with van der Waals surface area (Å²) >= 11 is 0. The Balaban J connectivity index is 1.69. The zero-order chi connectivity index (χ0) is 19.3. The normalized spacial score (nSPS) is 14.9. The van der Waals surface area contributed by atoms with Crippen molar-refractivity contribution in [1.82, 2.24) is 10.0 Å². The third-order valence-electron chi connectivity index (χ3n) is 4.49. The number of nitrogens with one attached hydrogen (secondary N) is 2. The predicted octanol–water partition coefficient (Wildman–Crippen LogP) is 2.76. The Morgan fingerprint density at radius 3 is 2.37 bits per heavy atom. The van der Waals surface area contributed by atoms with Crippen LogP contribution in [-0.4, -0.2) is 20.9 Å². The predicted molar refractivity (Wildman–Crippen MR) is 101 cm³/mol. The Kier molecular flexibility index (Phi) is 5.89. The average molecular weight is 383 g/mol. The Bertz CT molecular complexity index is 931. The van der Waals surface area contributed by atoms with E-state index in [0.717, 1.165) is 18.4 Å². The minimum absolute atomic E-state index is 0.0326. The molecular formula is C20H21N3O3S. The second kappa shape index (κ2) is 8.33. The molecular weight excluding hydrogens is 362 g/mol. The number of hydrogen-bond donors (Lipinski definition) is 2. The van der Waals surface area contributed by atoms with Gasteiger partial charge in [-0.1, -0.05) is 30.3 Å². The molecule has 1 atom stereocenters. The van der Waals surface area contributed by atoms with Crippen molar-refractivity contribution < 1.29 is 13.2 Å². The topological polar surface area (TPSA) is 99.1 Å². The van der Waals surface area contributed by atoms with Crippen LogP contribution in [0.4, 0.5) is 0 Å². The molecule has 0 heterocycles. The molecule has 140 valence electrons. The van der Waals surface area contributed by atoms with Crippen LogP contribution in [0.1, 0.15) is 41.2 Å². The van der Waals surface area contributed by atoms with Gasteiger partial charge in [0.15, 0.2) is 0 Å². The van der Waals surface area contributed by atoms with E-state index >= 15 is 0 Å². The lowest BCUT2D eigenvalue weighted by Crippen LogP contribution is -2.30. The van der Waals surface area contributed by atoms with Crippen molar-refractivity contribution in [2.75, 3.05) is 6.54 Å². The van der Waals surface area contributed by atoms with Gasteiger partial charge in [-0.2, -0.15) is 5.26 Å². The molecule has 7 heteroatoms. The first kappa shape index (κ1) is 19.1. The van der Waals surface area contributed by atoms with E-state index in [2.05, 4.69) is 10.0 Å². The molecule has 0 saturated heterocycles. The van der Waals surface area contributed by atoms with Crippen LogP contribution in [0.2, 0.25) is 0 Å². The van der Waals surface area contributed by atoms with Gasteiger partial charge in [-0.05, 0) is 48.6 Å². The lowest BCUT2D eigenvalue weighted by atomic mass is 10.0. The molecule has 27 heavy (non-hydrogen) atoms. The van der Waals surface area contributed by atoms with Gasteiger partial charge in [0, 0.05) is 18.5 Å². The van der Waals surface area contributed by atoms with E-state index in [1.165, 1.54) is 24.3 Å². The first-order chi connectivity index (χ1) is 13.0. The minimum Gasteiger partial charge on any atom is -0.345 e. The van der Waals surface area contributed by atoms with E-state index in [9.17, 15) is 13.2 Å². The van der Waals surface area contributed by atoms with Gasteiger partial charge in [-0.3, -0.25) is 4.79 Å². The van der Waals surface area contributed by atoms with Gasteiger partial charge < -0.3 is 5.32 Å². The maximum atomic E-state index is 12.6. The number of carbonyl (C=O) groups is 1. The molecule has 2 N–H and O–H groups in total. The summed E-state index contributed by atoms with van der Waals surface area (Å²) in [7, 11) is -3.68. The summed E-state index contributed by atoms with van der Waals surface area (Å²) in [5, 5.41) is 11.6. The average Bonchev–Trinajstić information content (AvgIpc) is 3.52. The molecule has 3 rings (SSSR count). The van der Waals surface area contributed by atoms with Gasteiger partial charge >= 0.3 is 0 Å². The van der Waals surface area contributed by atoms with Crippen LogP contribution in [0.3, 0.4) is 0 Å². The molecule has 1 aliphatic carbocycles. The summed E-state index contributed by atoms with van der Waals surface area (Å²) in [4.78, 5) is 12.7. The molecule has 1 fully saturated rings. The number of sulfonamides is 1. The number of carbonyl (C=O) groups excluding carboxylic acids is 1. The Hall–Kier alpha value is -2.69. The Morgan fingerprint density at radius 2 is 1.78 bits per heavy atom. The molecule has 0 aliphatic heterocycles. The first-order valence-electron chi connectivity index (χ1n) is 8.84. The highest BCUT2D eigenvalue weighted by molar-refractivity contribution is 7.89. The molecule has 1 saturated carbocycles. The summed E-state index contributed by atoms with van der Waals surface area (Å²) in [6.45, 7) is 0.0568. The van der Waals surface area contributed by atoms with Crippen LogP contribution in [0, 0.1) is 17.2 Å². The van der Waals surface area contributed by atoms with E-state index < -0.39 is 10.0 Å². The van der Waals surface area contributed by atoms with Gasteiger partial charge in [0.1, 0.15) is 0 Å². The summed E-state index contributed by atoms with van der Waals surface area (Å²) in [5.74, 6) is 0.220. The lowest BCUT2D eigenvalue weighted by molar-refractivity contribution is 0.0931.